The van der Waals surface area contributed by atoms with E-state index in [9.17, 15) is 0 Å². The van der Waals surface area contributed by atoms with Gasteiger partial charge in [0.2, 0.25) is 5.95 Å². The SMILES string of the molecule is Cc1nn(C)c2c1nc(N)n2-c1cccc(N(C)C)c1. The van der Waals surface area contributed by atoms with Gasteiger partial charge in [0.25, 0.3) is 0 Å². The third kappa shape index (κ3) is 1.72. The van der Waals surface area contributed by atoms with Crippen LogP contribution in [0.5, 0.6) is 0 Å². The van der Waals surface area contributed by atoms with Crippen LogP contribution in [0, 0.1) is 6.92 Å². The zero-order valence-electron chi connectivity index (χ0n) is 12.1. The molecule has 1 aromatic carbocycles. The van der Waals surface area contributed by atoms with Gasteiger partial charge in [-0.15, -0.1) is 0 Å². The first-order valence-electron chi connectivity index (χ1n) is 6.44. The summed E-state index contributed by atoms with van der Waals surface area (Å²) >= 11 is 0. The predicted octanol–water partition coefficient (Wildman–Crippen LogP) is 1.72. The van der Waals surface area contributed by atoms with Crippen LogP contribution < -0.4 is 10.6 Å². The molecule has 0 saturated carbocycles. The lowest BCUT2D eigenvalue weighted by Gasteiger charge is -2.14. The van der Waals surface area contributed by atoms with Gasteiger partial charge in [-0.05, 0) is 25.1 Å². The van der Waals surface area contributed by atoms with Gasteiger partial charge in [0.1, 0.15) is 5.52 Å². The molecule has 0 aliphatic rings. The fourth-order valence-corrected chi connectivity index (χ4v) is 2.45. The standard InChI is InChI=1S/C14H18N6/c1-9-12-13(19(4)17-9)20(14(15)16-12)11-7-5-6-10(8-11)18(2)3/h5-8H,1-4H3,(H2,15,16). The molecule has 20 heavy (non-hydrogen) atoms. The van der Waals surface area contributed by atoms with Crippen molar-refractivity contribution in [3.63, 3.8) is 0 Å². The molecule has 6 heteroatoms. The summed E-state index contributed by atoms with van der Waals surface area (Å²) in [6.45, 7) is 1.94. The molecule has 104 valence electrons. The van der Waals surface area contributed by atoms with E-state index in [1.807, 2.05) is 49.4 Å². The van der Waals surface area contributed by atoms with E-state index < -0.39 is 0 Å². The second kappa shape index (κ2) is 4.26. The molecule has 3 rings (SSSR count). The number of nitrogens with two attached hydrogens (primary N) is 1. The summed E-state index contributed by atoms with van der Waals surface area (Å²) in [7, 11) is 5.93. The molecular weight excluding hydrogens is 252 g/mol. The van der Waals surface area contributed by atoms with E-state index in [-0.39, 0.29) is 0 Å². The summed E-state index contributed by atoms with van der Waals surface area (Å²) in [5, 5.41) is 4.40. The van der Waals surface area contributed by atoms with Gasteiger partial charge in [-0.1, -0.05) is 6.07 Å². The number of hydrogen-bond donors (Lipinski definition) is 1. The lowest BCUT2D eigenvalue weighted by Crippen LogP contribution is -2.10. The molecule has 0 aliphatic carbocycles. The monoisotopic (exact) mass is 270 g/mol. The third-order valence-electron chi connectivity index (χ3n) is 3.43. The summed E-state index contributed by atoms with van der Waals surface area (Å²) in [6, 6.07) is 8.17. The second-order valence-electron chi connectivity index (χ2n) is 5.10. The van der Waals surface area contributed by atoms with Crippen LogP contribution in [0.15, 0.2) is 24.3 Å². The molecule has 0 spiro atoms. The molecule has 0 bridgehead atoms. The molecule has 0 unspecified atom stereocenters. The number of aromatic nitrogens is 4. The third-order valence-corrected chi connectivity index (χ3v) is 3.43. The van der Waals surface area contributed by atoms with E-state index in [0.29, 0.717) is 5.95 Å². The minimum atomic E-state index is 0.479. The van der Waals surface area contributed by atoms with Crippen LogP contribution >= 0.6 is 0 Å². The van der Waals surface area contributed by atoms with Crippen LogP contribution in [0.1, 0.15) is 5.69 Å². The van der Waals surface area contributed by atoms with Crippen molar-refractivity contribution in [2.45, 2.75) is 6.92 Å². The van der Waals surface area contributed by atoms with Crippen molar-refractivity contribution in [3.05, 3.63) is 30.0 Å². The average Bonchev–Trinajstić information content (AvgIpc) is 2.88. The first-order chi connectivity index (χ1) is 9.49. The molecule has 0 atom stereocenters. The van der Waals surface area contributed by atoms with Crippen molar-refractivity contribution >= 4 is 22.8 Å². The molecule has 0 amide bonds. The van der Waals surface area contributed by atoms with Crippen molar-refractivity contribution < 1.29 is 0 Å². The van der Waals surface area contributed by atoms with E-state index >= 15 is 0 Å². The Morgan fingerprint density at radius 1 is 1.25 bits per heavy atom. The highest BCUT2D eigenvalue weighted by atomic mass is 15.3. The maximum atomic E-state index is 6.09. The Hall–Kier alpha value is -2.50. The van der Waals surface area contributed by atoms with Crippen LogP contribution in [0.3, 0.4) is 0 Å². The zero-order valence-corrected chi connectivity index (χ0v) is 12.1. The van der Waals surface area contributed by atoms with Crippen LogP contribution in [0.2, 0.25) is 0 Å². The Morgan fingerprint density at radius 3 is 2.70 bits per heavy atom. The highest BCUT2D eigenvalue weighted by Gasteiger charge is 2.17. The maximum Gasteiger partial charge on any atom is 0.207 e. The highest BCUT2D eigenvalue weighted by molar-refractivity contribution is 5.80. The van der Waals surface area contributed by atoms with Crippen LogP contribution in [0.4, 0.5) is 11.6 Å². The van der Waals surface area contributed by atoms with Crippen molar-refractivity contribution in [3.8, 4) is 5.69 Å². The van der Waals surface area contributed by atoms with Gasteiger partial charge in [0.15, 0.2) is 5.65 Å². The summed E-state index contributed by atoms with van der Waals surface area (Å²) in [5.74, 6) is 0.479. The van der Waals surface area contributed by atoms with Crippen molar-refractivity contribution in [1.82, 2.24) is 19.3 Å². The van der Waals surface area contributed by atoms with Gasteiger partial charge in [-0.3, -0.25) is 4.57 Å². The largest absolute Gasteiger partial charge is 0.378 e. The lowest BCUT2D eigenvalue weighted by atomic mass is 10.2. The van der Waals surface area contributed by atoms with Gasteiger partial charge in [-0.25, -0.2) is 9.67 Å². The molecule has 3 aromatic rings. The molecule has 0 radical (unpaired) electrons. The summed E-state index contributed by atoms with van der Waals surface area (Å²) < 4.78 is 3.75. The number of nitrogens with zero attached hydrogens (tertiary/aromatic N) is 5. The number of benzene rings is 1. The van der Waals surface area contributed by atoms with E-state index in [0.717, 1.165) is 28.2 Å². The normalized spacial score (nSPS) is 11.2. The Balaban J connectivity index is 2.29. The molecule has 0 aliphatic heterocycles. The zero-order chi connectivity index (χ0) is 14.4. The van der Waals surface area contributed by atoms with Crippen LogP contribution in [-0.2, 0) is 7.05 Å². The number of fused-ring (bicyclic) bond motifs is 1. The second-order valence-corrected chi connectivity index (χ2v) is 5.10. The molecule has 2 N–H and O–H groups in total. The van der Waals surface area contributed by atoms with Crippen molar-refractivity contribution in [2.24, 2.45) is 7.05 Å². The number of anilines is 2. The highest BCUT2D eigenvalue weighted by Crippen LogP contribution is 2.26. The molecule has 0 fully saturated rings. The van der Waals surface area contributed by atoms with Gasteiger partial charge >= 0.3 is 0 Å². The smallest absolute Gasteiger partial charge is 0.207 e. The molecule has 2 aromatic heterocycles. The van der Waals surface area contributed by atoms with E-state index in [4.69, 9.17) is 5.73 Å². The number of aryl methyl sites for hydroxylation is 2. The lowest BCUT2D eigenvalue weighted by molar-refractivity contribution is 0.762. The van der Waals surface area contributed by atoms with Crippen LogP contribution in [0.25, 0.3) is 16.9 Å². The Bertz CT molecular complexity index is 780. The summed E-state index contributed by atoms with van der Waals surface area (Å²) in [6.07, 6.45) is 0. The number of nitrogen functional groups attached to an aromatic ring is 1. The minimum absolute atomic E-state index is 0.479. The number of imidazole rings is 1. The van der Waals surface area contributed by atoms with Crippen LogP contribution in [-0.4, -0.2) is 33.4 Å². The molecule has 0 saturated heterocycles. The van der Waals surface area contributed by atoms with Gasteiger partial charge < -0.3 is 10.6 Å². The fraction of sp³-hybridized carbons (Fsp3) is 0.286. The first-order valence-corrected chi connectivity index (χ1v) is 6.44. The molecule has 6 nitrogen and oxygen atoms in total. The quantitative estimate of drug-likeness (QED) is 0.770. The van der Waals surface area contributed by atoms with Crippen molar-refractivity contribution in [1.29, 1.82) is 0 Å². The predicted molar refractivity (Wildman–Crippen MR) is 81.3 cm³/mol. The first kappa shape index (κ1) is 12.5. The Kier molecular flexibility index (Phi) is 2.67. The Morgan fingerprint density at radius 2 is 2.00 bits per heavy atom. The number of rotatable bonds is 2. The summed E-state index contributed by atoms with van der Waals surface area (Å²) in [5.41, 5.74) is 10.8. The van der Waals surface area contributed by atoms with Gasteiger partial charge in [-0.2, -0.15) is 5.10 Å². The molecular formula is C14H18N6. The summed E-state index contributed by atoms with van der Waals surface area (Å²) in [4.78, 5) is 6.49. The Labute approximate surface area is 117 Å². The maximum absolute atomic E-state index is 6.09. The van der Waals surface area contributed by atoms with E-state index in [1.54, 1.807) is 0 Å². The van der Waals surface area contributed by atoms with Crippen molar-refractivity contribution in [2.75, 3.05) is 24.7 Å². The topological polar surface area (TPSA) is 64.9 Å². The fourth-order valence-electron chi connectivity index (χ4n) is 2.45. The van der Waals surface area contributed by atoms with Gasteiger partial charge in [0, 0.05) is 26.8 Å². The molecule has 2 heterocycles. The van der Waals surface area contributed by atoms with E-state index in [2.05, 4.69) is 27.1 Å². The minimum Gasteiger partial charge on any atom is -0.378 e. The number of hydrogen-bond acceptors (Lipinski definition) is 4. The average molecular weight is 270 g/mol. The van der Waals surface area contributed by atoms with Gasteiger partial charge in [0.05, 0.1) is 11.4 Å². The van der Waals surface area contributed by atoms with E-state index in [1.165, 1.54) is 0 Å².